The third-order valence-electron chi connectivity index (χ3n) is 3.26. The lowest BCUT2D eigenvalue weighted by Gasteiger charge is -2.09. The van der Waals surface area contributed by atoms with Gasteiger partial charge in [0, 0.05) is 28.2 Å². The molecule has 1 aromatic rings. The van der Waals surface area contributed by atoms with Crippen molar-refractivity contribution in [3.05, 3.63) is 21.8 Å². The van der Waals surface area contributed by atoms with Gasteiger partial charge in [-0.2, -0.15) is 0 Å². The van der Waals surface area contributed by atoms with Crippen LogP contribution in [0.5, 0.6) is 0 Å². The molecule has 68 valence electrons. The van der Waals surface area contributed by atoms with E-state index in [9.17, 15) is 0 Å². The number of halogens is 1. The van der Waals surface area contributed by atoms with Gasteiger partial charge in [0.2, 0.25) is 0 Å². The second-order valence-electron chi connectivity index (χ2n) is 4.09. The Morgan fingerprint density at radius 1 is 1.54 bits per heavy atom. The smallest absolute Gasteiger partial charge is 0.130 e. The molecule has 3 heteroatoms. The first-order valence-corrected chi connectivity index (χ1v) is 5.42. The number of hydrogen-bond donors (Lipinski definition) is 1. The van der Waals surface area contributed by atoms with Crippen molar-refractivity contribution in [1.82, 2.24) is 4.98 Å². The number of pyridine rings is 1. The molecule has 13 heavy (non-hydrogen) atoms. The highest BCUT2D eigenvalue weighted by atomic mass is 79.9. The highest BCUT2D eigenvalue weighted by Crippen LogP contribution is 2.55. The van der Waals surface area contributed by atoms with Crippen LogP contribution in [0.4, 0.5) is 5.82 Å². The fourth-order valence-corrected chi connectivity index (χ4v) is 2.58. The molecule has 2 aliphatic rings. The summed E-state index contributed by atoms with van der Waals surface area (Å²) in [5.74, 6) is 1.11. The first-order chi connectivity index (χ1) is 6.23. The minimum atomic E-state index is 0.455. The Hall–Kier alpha value is -0.570. The van der Waals surface area contributed by atoms with Gasteiger partial charge in [0.05, 0.1) is 0 Å². The summed E-state index contributed by atoms with van der Waals surface area (Å²) in [5.41, 5.74) is 3.28. The number of rotatable bonds is 0. The number of fused-ring (bicyclic) bond motifs is 2. The van der Waals surface area contributed by atoms with Gasteiger partial charge in [0.25, 0.3) is 0 Å². The number of nitrogens with one attached hydrogen (secondary N) is 1. The Morgan fingerprint density at radius 2 is 2.31 bits per heavy atom. The summed E-state index contributed by atoms with van der Waals surface area (Å²) in [7, 11) is 0. The molecule has 1 fully saturated rings. The van der Waals surface area contributed by atoms with Crippen LogP contribution in [0.25, 0.3) is 0 Å². The van der Waals surface area contributed by atoms with E-state index in [1.54, 1.807) is 0 Å². The minimum absolute atomic E-state index is 0.455. The molecular formula is C10H11BrN2. The van der Waals surface area contributed by atoms with E-state index in [4.69, 9.17) is 0 Å². The third kappa shape index (κ3) is 0.909. The van der Waals surface area contributed by atoms with Crippen molar-refractivity contribution in [1.29, 1.82) is 0 Å². The van der Waals surface area contributed by atoms with Gasteiger partial charge in [0.1, 0.15) is 5.82 Å². The fraction of sp³-hybridized carbons (Fsp3) is 0.500. The van der Waals surface area contributed by atoms with Gasteiger partial charge in [-0.1, -0.05) is 0 Å². The van der Waals surface area contributed by atoms with Crippen LogP contribution in [0, 0.1) is 6.92 Å². The zero-order valence-corrected chi connectivity index (χ0v) is 9.11. The van der Waals surface area contributed by atoms with Gasteiger partial charge in [0.15, 0.2) is 0 Å². The maximum absolute atomic E-state index is 4.40. The monoisotopic (exact) mass is 238 g/mol. The summed E-state index contributed by atoms with van der Waals surface area (Å²) in [6, 6.07) is 0. The van der Waals surface area contributed by atoms with Crippen LogP contribution in [0.1, 0.15) is 24.0 Å². The van der Waals surface area contributed by atoms with Crippen molar-refractivity contribution >= 4 is 21.7 Å². The Labute approximate surface area is 85.9 Å². The summed E-state index contributed by atoms with van der Waals surface area (Å²) in [5, 5.41) is 3.39. The van der Waals surface area contributed by atoms with Gasteiger partial charge in [-0.3, -0.25) is 0 Å². The van der Waals surface area contributed by atoms with Gasteiger partial charge in [-0.05, 0) is 41.3 Å². The standard InChI is InChI=1S/C10H11BrN2/c1-6-7(11)4-12-9-8(6)10(2-3-10)5-13-9/h4H,2-3,5H2,1H3,(H,12,13). The van der Waals surface area contributed by atoms with E-state index in [-0.39, 0.29) is 0 Å². The van der Waals surface area contributed by atoms with Crippen LogP contribution in [0.15, 0.2) is 10.7 Å². The number of hydrogen-bond acceptors (Lipinski definition) is 2. The zero-order chi connectivity index (χ0) is 9.05. The molecule has 1 aliphatic carbocycles. The van der Waals surface area contributed by atoms with Crippen LogP contribution in [-0.4, -0.2) is 11.5 Å². The van der Waals surface area contributed by atoms with Gasteiger partial charge < -0.3 is 5.32 Å². The van der Waals surface area contributed by atoms with Crippen molar-refractivity contribution in [2.24, 2.45) is 0 Å². The van der Waals surface area contributed by atoms with Crippen molar-refractivity contribution in [2.45, 2.75) is 25.2 Å². The molecule has 0 bridgehead atoms. The normalized spacial score (nSPS) is 21.4. The molecule has 0 radical (unpaired) electrons. The Bertz CT molecular complexity index is 383. The van der Waals surface area contributed by atoms with Crippen LogP contribution >= 0.6 is 15.9 Å². The van der Waals surface area contributed by atoms with E-state index >= 15 is 0 Å². The quantitative estimate of drug-likeness (QED) is 0.752. The van der Waals surface area contributed by atoms with E-state index in [0.29, 0.717) is 5.41 Å². The first-order valence-electron chi connectivity index (χ1n) is 4.62. The SMILES string of the molecule is Cc1c(Br)cnc2c1C1(CC1)CN2. The highest BCUT2D eigenvalue weighted by molar-refractivity contribution is 9.10. The second kappa shape index (κ2) is 2.27. The molecule has 2 heterocycles. The van der Waals surface area contributed by atoms with Crippen LogP contribution < -0.4 is 5.32 Å². The molecule has 0 saturated heterocycles. The largest absolute Gasteiger partial charge is 0.369 e. The zero-order valence-electron chi connectivity index (χ0n) is 7.52. The Morgan fingerprint density at radius 3 is 3.00 bits per heavy atom. The van der Waals surface area contributed by atoms with Crippen LogP contribution in [0.3, 0.4) is 0 Å². The van der Waals surface area contributed by atoms with Gasteiger partial charge in [-0.25, -0.2) is 4.98 Å². The van der Waals surface area contributed by atoms with E-state index in [0.717, 1.165) is 16.8 Å². The van der Waals surface area contributed by atoms with Crippen LogP contribution in [0.2, 0.25) is 0 Å². The summed E-state index contributed by atoms with van der Waals surface area (Å²) >= 11 is 3.54. The summed E-state index contributed by atoms with van der Waals surface area (Å²) in [4.78, 5) is 4.40. The molecule has 1 aliphatic heterocycles. The average molecular weight is 239 g/mol. The molecule has 1 saturated carbocycles. The number of nitrogens with zero attached hydrogens (tertiary/aromatic N) is 1. The molecule has 0 atom stereocenters. The Balaban J connectivity index is 2.27. The number of aromatic nitrogens is 1. The van der Waals surface area contributed by atoms with Crippen LogP contribution in [-0.2, 0) is 5.41 Å². The minimum Gasteiger partial charge on any atom is -0.369 e. The topological polar surface area (TPSA) is 24.9 Å². The van der Waals surface area contributed by atoms with Crippen molar-refractivity contribution in [2.75, 3.05) is 11.9 Å². The van der Waals surface area contributed by atoms with Gasteiger partial charge in [-0.15, -0.1) is 0 Å². The summed E-state index contributed by atoms with van der Waals surface area (Å²) in [6.07, 6.45) is 4.54. The maximum Gasteiger partial charge on any atom is 0.130 e. The molecule has 1 N–H and O–H groups in total. The molecule has 0 amide bonds. The second-order valence-corrected chi connectivity index (χ2v) is 4.94. The van der Waals surface area contributed by atoms with E-state index in [1.807, 2.05) is 6.20 Å². The molecule has 1 spiro atoms. The van der Waals surface area contributed by atoms with Gasteiger partial charge >= 0.3 is 0 Å². The fourth-order valence-electron chi connectivity index (χ4n) is 2.28. The lowest BCUT2D eigenvalue weighted by atomic mass is 9.96. The molecule has 3 rings (SSSR count). The molecule has 0 aromatic carbocycles. The highest BCUT2D eigenvalue weighted by Gasteiger charge is 2.50. The third-order valence-corrected chi connectivity index (χ3v) is 4.05. The average Bonchev–Trinajstić information content (AvgIpc) is 2.77. The van der Waals surface area contributed by atoms with E-state index < -0.39 is 0 Å². The first kappa shape index (κ1) is 7.80. The van der Waals surface area contributed by atoms with E-state index in [1.165, 1.54) is 24.0 Å². The lowest BCUT2D eigenvalue weighted by molar-refractivity contribution is 0.770. The number of anilines is 1. The predicted octanol–water partition coefficient (Wildman–Crippen LogP) is 2.61. The van der Waals surface area contributed by atoms with Crippen molar-refractivity contribution in [3.8, 4) is 0 Å². The Kier molecular flexibility index (Phi) is 1.36. The van der Waals surface area contributed by atoms with Crippen molar-refractivity contribution < 1.29 is 0 Å². The predicted molar refractivity (Wildman–Crippen MR) is 56.1 cm³/mol. The van der Waals surface area contributed by atoms with Crippen molar-refractivity contribution in [3.63, 3.8) is 0 Å². The maximum atomic E-state index is 4.40. The molecular weight excluding hydrogens is 228 g/mol. The molecule has 0 unspecified atom stereocenters. The summed E-state index contributed by atoms with van der Waals surface area (Å²) in [6.45, 7) is 3.27. The lowest BCUT2D eigenvalue weighted by Crippen LogP contribution is -2.09. The summed E-state index contributed by atoms with van der Waals surface area (Å²) < 4.78 is 1.14. The molecule has 1 aromatic heterocycles. The molecule has 2 nitrogen and oxygen atoms in total. The van der Waals surface area contributed by atoms with E-state index in [2.05, 4.69) is 33.2 Å².